The first-order valence-corrected chi connectivity index (χ1v) is 14.2. The molecule has 0 fully saturated rings. The molecule has 4 aromatic carbocycles. The maximum absolute atomic E-state index is 11.3. The molecule has 1 N–H and O–H groups in total. The Morgan fingerprint density at radius 3 is 1.93 bits per heavy atom. The number of benzene rings is 4. The second kappa shape index (κ2) is 13.5. The van der Waals surface area contributed by atoms with Gasteiger partial charge in [0.15, 0.2) is 5.72 Å². The first-order chi connectivity index (χ1) is 19.3. The molecule has 0 unspecified atom stereocenters. The molecule has 0 amide bonds. The molecule has 4 rings (SSSR count). The highest BCUT2D eigenvalue weighted by Crippen LogP contribution is 2.33. The Morgan fingerprint density at radius 1 is 0.800 bits per heavy atom. The zero-order valence-electron chi connectivity index (χ0n) is 24.1. The molecule has 4 nitrogen and oxygen atoms in total. The number of nitrogens with zero attached hydrogens (tertiary/aromatic N) is 1. The fraction of sp³-hybridized carbons (Fsp3) is 0.306. The Labute approximate surface area is 239 Å². The Kier molecular flexibility index (Phi) is 9.79. The lowest BCUT2D eigenvalue weighted by atomic mass is 9.89. The quantitative estimate of drug-likeness (QED) is 0.175. The molecule has 0 radical (unpaired) electrons. The lowest BCUT2D eigenvalue weighted by Gasteiger charge is -2.43. The van der Waals surface area contributed by atoms with E-state index in [9.17, 15) is 9.90 Å². The summed E-state index contributed by atoms with van der Waals surface area (Å²) in [4.78, 5) is 13.8. The molecule has 0 saturated heterocycles. The van der Waals surface area contributed by atoms with Crippen molar-refractivity contribution in [2.45, 2.75) is 64.6 Å². The summed E-state index contributed by atoms with van der Waals surface area (Å²) in [5.41, 5.74) is 5.16. The monoisotopic (exact) mass is 535 g/mol. The van der Waals surface area contributed by atoms with Crippen LogP contribution in [0.15, 0.2) is 109 Å². The molecular weight excluding hydrogens is 494 g/mol. The lowest BCUT2D eigenvalue weighted by Crippen LogP contribution is -2.51. The normalized spacial score (nSPS) is 13.0. The molecule has 1 atom stereocenters. The summed E-state index contributed by atoms with van der Waals surface area (Å²) in [7, 11) is 0. The van der Waals surface area contributed by atoms with E-state index in [-0.39, 0.29) is 12.3 Å². The van der Waals surface area contributed by atoms with Gasteiger partial charge in [-0.15, -0.1) is 0 Å². The van der Waals surface area contributed by atoms with Gasteiger partial charge in [-0.05, 0) is 59.2 Å². The smallest absolute Gasteiger partial charge is 0.307 e. The summed E-state index contributed by atoms with van der Waals surface area (Å²) in [6.45, 7) is 10.2. The minimum Gasteiger partial charge on any atom is -0.481 e. The van der Waals surface area contributed by atoms with Gasteiger partial charge in [-0.2, -0.15) is 0 Å². The van der Waals surface area contributed by atoms with Gasteiger partial charge in [0.2, 0.25) is 0 Å². The first-order valence-electron chi connectivity index (χ1n) is 14.2. The van der Waals surface area contributed by atoms with E-state index in [4.69, 9.17) is 4.74 Å². The molecule has 0 aliphatic rings. The zero-order chi connectivity index (χ0) is 28.5. The molecule has 0 bridgehead atoms. The number of carboxylic acids is 1. The molecule has 4 heteroatoms. The molecule has 0 spiro atoms. The second-order valence-electron chi connectivity index (χ2n) is 11.0. The predicted molar refractivity (Wildman–Crippen MR) is 163 cm³/mol. The van der Waals surface area contributed by atoms with Crippen LogP contribution in [0.1, 0.15) is 73.8 Å². The third-order valence-electron chi connectivity index (χ3n) is 7.74. The number of aliphatic carboxylic acids is 1. The van der Waals surface area contributed by atoms with Crippen molar-refractivity contribution in [2.75, 3.05) is 6.54 Å². The summed E-state index contributed by atoms with van der Waals surface area (Å²) in [6.07, 6.45) is 0.715. The van der Waals surface area contributed by atoms with Crippen LogP contribution in [0.25, 0.3) is 0 Å². The Morgan fingerprint density at radius 2 is 1.40 bits per heavy atom. The largest absolute Gasteiger partial charge is 0.481 e. The van der Waals surface area contributed by atoms with Crippen LogP contribution in [-0.4, -0.2) is 28.2 Å². The van der Waals surface area contributed by atoms with Gasteiger partial charge in [-0.25, -0.2) is 0 Å². The van der Waals surface area contributed by atoms with Crippen LogP contribution in [0.5, 0.6) is 5.75 Å². The molecule has 4 aromatic rings. The molecule has 208 valence electrons. The van der Waals surface area contributed by atoms with Crippen molar-refractivity contribution in [2.24, 2.45) is 0 Å². The summed E-state index contributed by atoms with van der Waals surface area (Å²) in [5.74, 6) is 0.452. The minimum atomic E-state index is -0.851. The standard InChI is InChI=1S/C36H41NO3/c1-5-36(4,40-33-18-12-13-29(23-33)24-35(38)39)37(25-28-19-21-30(22-20-28)27(2)3)26-34(31-14-8-6-9-15-31)32-16-10-7-11-17-32/h6-23,27,34H,5,24-26H2,1-4H3,(H,38,39)/t36-/m1/s1. The van der Waals surface area contributed by atoms with Crippen molar-refractivity contribution < 1.29 is 14.6 Å². The highest BCUT2D eigenvalue weighted by molar-refractivity contribution is 5.70. The van der Waals surface area contributed by atoms with Crippen LogP contribution in [0.3, 0.4) is 0 Å². The zero-order valence-corrected chi connectivity index (χ0v) is 24.1. The number of hydrogen-bond acceptors (Lipinski definition) is 3. The van der Waals surface area contributed by atoms with Crippen molar-refractivity contribution in [1.82, 2.24) is 4.90 Å². The second-order valence-corrected chi connectivity index (χ2v) is 11.0. The van der Waals surface area contributed by atoms with E-state index in [0.717, 1.165) is 18.5 Å². The number of hydrogen-bond donors (Lipinski definition) is 1. The Bertz CT molecular complexity index is 1310. The van der Waals surface area contributed by atoms with E-state index in [2.05, 4.69) is 118 Å². The summed E-state index contributed by atoms with van der Waals surface area (Å²) < 4.78 is 6.78. The van der Waals surface area contributed by atoms with E-state index in [1.807, 2.05) is 24.3 Å². The SMILES string of the molecule is CC[C@@](C)(Oc1cccc(CC(=O)O)c1)N(Cc1ccc(C(C)C)cc1)CC(c1ccccc1)c1ccccc1. The van der Waals surface area contributed by atoms with Crippen LogP contribution < -0.4 is 4.74 Å². The number of carbonyl (C=O) groups is 1. The maximum atomic E-state index is 11.3. The maximum Gasteiger partial charge on any atom is 0.307 e. The minimum absolute atomic E-state index is 0.0317. The average Bonchev–Trinajstić information content (AvgIpc) is 2.96. The third kappa shape index (κ3) is 7.61. The Balaban J connectivity index is 1.73. The van der Waals surface area contributed by atoms with Gasteiger partial charge < -0.3 is 9.84 Å². The molecule has 0 saturated carbocycles. The van der Waals surface area contributed by atoms with E-state index in [1.165, 1.54) is 22.3 Å². The summed E-state index contributed by atoms with van der Waals surface area (Å²) in [6, 6.07) is 37.7. The molecule has 0 aromatic heterocycles. The first kappa shape index (κ1) is 29.1. The van der Waals surface area contributed by atoms with Crippen molar-refractivity contribution in [3.63, 3.8) is 0 Å². The lowest BCUT2D eigenvalue weighted by molar-refractivity contribution is -0.136. The van der Waals surface area contributed by atoms with Gasteiger partial charge in [-0.3, -0.25) is 9.69 Å². The van der Waals surface area contributed by atoms with Crippen molar-refractivity contribution >= 4 is 5.97 Å². The van der Waals surface area contributed by atoms with Crippen LogP contribution in [0.4, 0.5) is 0 Å². The molecule has 0 aliphatic carbocycles. The van der Waals surface area contributed by atoms with Crippen LogP contribution >= 0.6 is 0 Å². The molecular formula is C36H41NO3. The van der Waals surface area contributed by atoms with Gasteiger partial charge in [0.1, 0.15) is 5.75 Å². The highest BCUT2D eigenvalue weighted by Gasteiger charge is 2.35. The van der Waals surface area contributed by atoms with Gasteiger partial charge >= 0.3 is 5.97 Å². The number of carboxylic acid groups (broad SMARTS) is 1. The van der Waals surface area contributed by atoms with Gasteiger partial charge in [0.25, 0.3) is 0 Å². The fourth-order valence-electron chi connectivity index (χ4n) is 5.16. The molecule has 40 heavy (non-hydrogen) atoms. The third-order valence-corrected chi connectivity index (χ3v) is 7.74. The molecule has 0 aliphatic heterocycles. The summed E-state index contributed by atoms with van der Waals surface area (Å²) in [5, 5.41) is 9.31. The van der Waals surface area contributed by atoms with Crippen molar-refractivity contribution in [1.29, 1.82) is 0 Å². The van der Waals surface area contributed by atoms with Crippen LogP contribution in [0, 0.1) is 0 Å². The molecule has 0 heterocycles. The number of ether oxygens (including phenoxy) is 1. The Hall–Kier alpha value is -3.89. The van der Waals surface area contributed by atoms with E-state index in [0.29, 0.717) is 18.2 Å². The van der Waals surface area contributed by atoms with Gasteiger partial charge in [0.05, 0.1) is 6.42 Å². The van der Waals surface area contributed by atoms with E-state index in [1.54, 1.807) is 0 Å². The fourth-order valence-corrected chi connectivity index (χ4v) is 5.16. The highest BCUT2D eigenvalue weighted by atomic mass is 16.5. The van der Waals surface area contributed by atoms with Crippen molar-refractivity contribution in [3.05, 3.63) is 137 Å². The van der Waals surface area contributed by atoms with Crippen LogP contribution in [-0.2, 0) is 17.8 Å². The van der Waals surface area contributed by atoms with E-state index < -0.39 is 11.7 Å². The topological polar surface area (TPSA) is 49.8 Å². The van der Waals surface area contributed by atoms with E-state index >= 15 is 0 Å². The van der Waals surface area contributed by atoms with Crippen LogP contribution in [0.2, 0.25) is 0 Å². The van der Waals surface area contributed by atoms with Gasteiger partial charge in [-0.1, -0.05) is 118 Å². The number of rotatable bonds is 13. The summed E-state index contributed by atoms with van der Waals surface area (Å²) >= 11 is 0. The van der Waals surface area contributed by atoms with Gasteiger partial charge in [0, 0.05) is 19.0 Å². The van der Waals surface area contributed by atoms with Crippen molar-refractivity contribution in [3.8, 4) is 5.75 Å². The average molecular weight is 536 g/mol. The predicted octanol–water partition coefficient (Wildman–Crippen LogP) is 8.28.